The number of aryl methyl sites for hydroxylation is 1. The molecule has 1 aliphatic rings. The summed E-state index contributed by atoms with van der Waals surface area (Å²) in [5, 5.41) is 1.65. The summed E-state index contributed by atoms with van der Waals surface area (Å²) in [6, 6.07) is 18.8. The molecule has 0 saturated carbocycles. The molecule has 0 unspecified atom stereocenters. The van der Waals surface area contributed by atoms with Gasteiger partial charge in [0.1, 0.15) is 5.82 Å². The van der Waals surface area contributed by atoms with Crippen LogP contribution in [-0.4, -0.2) is 35.3 Å². The van der Waals surface area contributed by atoms with Crippen LogP contribution in [-0.2, 0) is 4.74 Å². The Bertz CT molecular complexity index is 1240. The van der Waals surface area contributed by atoms with Gasteiger partial charge in [-0.25, -0.2) is 4.98 Å². The number of hydrogen-bond acceptors (Lipinski definition) is 4. The van der Waals surface area contributed by atoms with Gasteiger partial charge in [0, 0.05) is 47.6 Å². The summed E-state index contributed by atoms with van der Waals surface area (Å²) < 4.78 is 5.84. The van der Waals surface area contributed by atoms with E-state index in [4.69, 9.17) is 26.3 Å². The van der Waals surface area contributed by atoms with Crippen LogP contribution in [0, 0.1) is 6.92 Å². The zero-order valence-electron chi connectivity index (χ0n) is 18.5. The molecule has 3 heterocycles. The van der Waals surface area contributed by atoms with E-state index in [-0.39, 0.29) is 12.2 Å². The van der Waals surface area contributed by atoms with Crippen LogP contribution in [0.3, 0.4) is 0 Å². The molecule has 5 rings (SSSR count). The Labute approximate surface area is 193 Å². The second kappa shape index (κ2) is 8.53. The molecule has 0 spiro atoms. The number of fused-ring (bicyclic) bond motifs is 1. The van der Waals surface area contributed by atoms with Crippen molar-refractivity contribution in [1.82, 2.24) is 9.97 Å². The summed E-state index contributed by atoms with van der Waals surface area (Å²) in [6.07, 6.45) is 4.14. The number of aromatic nitrogens is 2. The number of ether oxygens (including phenoxy) is 1. The van der Waals surface area contributed by atoms with Gasteiger partial charge in [-0.05, 0) is 38.5 Å². The van der Waals surface area contributed by atoms with Gasteiger partial charge in [-0.1, -0.05) is 59.6 Å². The molecule has 1 aliphatic heterocycles. The molecule has 2 aromatic heterocycles. The van der Waals surface area contributed by atoms with E-state index in [1.54, 1.807) is 0 Å². The third-order valence-corrected chi connectivity index (χ3v) is 6.40. The number of hydrogen-bond donors (Lipinski definition) is 0. The van der Waals surface area contributed by atoms with Crippen molar-refractivity contribution < 1.29 is 4.74 Å². The number of morpholine rings is 1. The zero-order chi connectivity index (χ0) is 22.2. The number of benzene rings is 2. The van der Waals surface area contributed by atoms with Crippen molar-refractivity contribution in [3.8, 4) is 22.3 Å². The van der Waals surface area contributed by atoms with E-state index in [0.29, 0.717) is 5.02 Å². The van der Waals surface area contributed by atoms with E-state index in [2.05, 4.69) is 68.1 Å². The van der Waals surface area contributed by atoms with Crippen molar-refractivity contribution in [2.45, 2.75) is 33.0 Å². The highest BCUT2D eigenvalue weighted by Gasteiger charge is 2.23. The number of halogens is 1. The number of rotatable bonds is 3. The molecular weight excluding hydrogens is 418 g/mol. The first-order chi connectivity index (χ1) is 15.5. The van der Waals surface area contributed by atoms with E-state index in [0.717, 1.165) is 52.1 Å². The molecule has 5 heteroatoms. The smallest absolute Gasteiger partial charge is 0.128 e. The van der Waals surface area contributed by atoms with Crippen LogP contribution in [0.4, 0.5) is 5.82 Å². The molecule has 1 saturated heterocycles. The Hall–Kier alpha value is -2.95. The summed E-state index contributed by atoms with van der Waals surface area (Å²) in [4.78, 5) is 11.8. The SMILES string of the molecule is Cc1ccc(-c2cccc3c(Cl)c(-c4ccc(N5C[C@@H](C)O[C@@H](C)C5)nc4)cnc23)cc1. The largest absolute Gasteiger partial charge is 0.372 e. The predicted octanol–water partition coefficient (Wildman–Crippen LogP) is 6.54. The molecule has 0 amide bonds. The van der Waals surface area contributed by atoms with Crippen molar-refractivity contribution in [2.24, 2.45) is 0 Å². The molecule has 4 aromatic rings. The Morgan fingerprint density at radius 1 is 0.844 bits per heavy atom. The fourth-order valence-electron chi connectivity index (χ4n) is 4.46. The Morgan fingerprint density at radius 3 is 2.25 bits per heavy atom. The Morgan fingerprint density at radius 2 is 1.56 bits per heavy atom. The van der Waals surface area contributed by atoms with Crippen molar-refractivity contribution >= 4 is 28.3 Å². The van der Waals surface area contributed by atoms with E-state index < -0.39 is 0 Å². The molecule has 2 aromatic carbocycles. The summed E-state index contributed by atoms with van der Waals surface area (Å²) in [7, 11) is 0. The van der Waals surface area contributed by atoms with Gasteiger partial charge in [-0.2, -0.15) is 0 Å². The van der Waals surface area contributed by atoms with Gasteiger partial charge in [-0.3, -0.25) is 4.98 Å². The highest BCUT2D eigenvalue weighted by Crippen LogP contribution is 2.37. The molecule has 4 nitrogen and oxygen atoms in total. The van der Waals surface area contributed by atoms with Crippen LogP contribution in [0.2, 0.25) is 5.02 Å². The molecular formula is C27H26ClN3O. The fraction of sp³-hybridized carbons (Fsp3) is 0.259. The lowest BCUT2D eigenvalue weighted by Crippen LogP contribution is -2.45. The van der Waals surface area contributed by atoms with E-state index in [9.17, 15) is 0 Å². The van der Waals surface area contributed by atoms with Gasteiger partial charge in [0.25, 0.3) is 0 Å². The third-order valence-electron chi connectivity index (χ3n) is 6.00. The molecule has 162 valence electrons. The maximum Gasteiger partial charge on any atom is 0.128 e. The fourth-order valence-corrected chi connectivity index (χ4v) is 4.77. The molecule has 0 N–H and O–H groups in total. The summed E-state index contributed by atoms with van der Waals surface area (Å²) >= 11 is 6.89. The third kappa shape index (κ3) is 3.96. The molecule has 0 bridgehead atoms. The van der Waals surface area contributed by atoms with Gasteiger partial charge in [0.15, 0.2) is 0 Å². The second-order valence-electron chi connectivity index (χ2n) is 8.62. The van der Waals surface area contributed by atoms with Crippen molar-refractivity contribution in [2.75, 3.05) is 18.0 Å². The number of para-hydroxylation sites is 1. The summed E-state index contributed by atoms with van der Waals surface area (Å²) in [5.74, 6) is 0.960. The van der Waals surface area contributed by atoms with E-state index >= 15 is 0 Å². The lowest BCUT2D eigenvalue weighted by molar-refractivity contribution is -0.00545. The minimum absolute atomic E-state index is 0.196. The van der Waals surface area contributed by atoms with Gasteiger partial charge in [0.2, 0.25) is 0 Å². The van der Waals surface area contributed by atoms with Gasteiger partial charge >= 0.3 is 0 Å². The minimum Gasteiger partial charge on any atom is -0.372 e. The average molecular weight is 444 g/mol. The quantitative estimate of drug-likeness (QED) is 0.360. The lowest BCUT2D eigenvalue weighted by atomic mass is 9.99. The Kier molecular flexibility index (Phi) is 5.58. The van der Waals surface area contributed by atoms with Crippen LogP contribution in [0.1, 0.15) is 19.4 Å². The van der Waals surface area contributed by atoms with Gasteiger partial charge < -0.3 is 9.64 Å². The van der Waals surface area contributed by atoms with Crippen LogP contribution in [0.15, 0.2) is 67.0 Å². The van der Waals surface area contributed by atoms with Crippen molar-refractivity contribution in [3.05, 3.63) is 77.6 Å². The molecule has 32 heavy (non-hydrogen) atoms. The minimum atomic E-state index is 0.196. The lowest BCUT2D eigenvalue weighted by Gasteiger charge is -2.36. The number of nitrogens with zero attached hydrogens (tertiary/aromatic N) is 3. The Balaban J connectivity index is 1.50. The first-order valence-electron chi connectivity index (χ1n) is 11.0. The number of pyridine rings is 2. The molecule has 1 fully saturated rings. The normalized spacial score (nSPS) is 18.8. The first kappa shape index (κ1) is 20.9. The topological polar surface area (TPSA) is 38.2 Å². The first-order valence-corrected chi connectivity index (χ1v) is 11.4. The van der Waals surface area contributed by atoms with Crippen LogP contribution in [0.25, 0.3) is 33.2 Å². The van der Waals surface area contributed by atoms with Gasteiger partial charge in [-0.15, -0.1) is 0 Å². The highest BCUT2D eigenvalue weighted by atomic mass is 35.5. The van der Waals surface area contributed by atoms with Crippen LogP contribution < -0.4 is 4.90 Å². The summed E-state index contributed by atoms with van der Waals surface area (Å²) in [5.41, 5.74) is 6.22. The maximum absolute atomic E-state index is 6.89. The second-order valence-corrected chi connectivity index (χ2v) is 9.00. The van der Waals surface area contributed by atoms with Crippen molar-refractivity contribution in [1.29, 1.82) is 0 Å². The van der Waals surface area contributed by atoms with Crippen LogP contribution in [0.5, 0.6) is 0 Å². The van der Waals surface area contributed by atoms with Crippen molar-refractivity contribution in [3.63, 3.8) is 0 Å². The zero-order valence-corrected chi connectivity index (χ0v) is 19.3. The molecule has 0 radical (unpaired) electrons. The van der Waals surface area contributed by atoms with Crippen LogP contribution >= 0.6 is 11.6 Å². The number of anilines is 1. The maximum atomic E-state index is 6.89. The average Bonchev–Trinajstić information content (AvgIpc) is 2.79. The molecule has 0 aliphatic carbocycles. The monoisotopic (exact) mass is 443 g/mol. The van der Waals surface area contributed by atoms with Gasteiger partial charge in [0.05, 0.1) is 22.7 Å². The standard InChI is InChI=1S/C27H26ClN3O/c1-17-7-9-20(10-8-17)22-5-4-6-23-26(28)24(14-30-27(22)23)21-11-12-25(29-13-21)31-15-18(2)32-19(3)16-31/h4-14,18-19H,15-16H2,1-3H3/t18-,19+. The predicted molar refractivity (Wildman–Crippen MR) is 132 cm³/mol. The van der Waals surface area contributed by atoms with E-state index in [1.807, 2.05) is 24.5 Å². The summed E-state index contributed by atoms with van der Waals surface area (Å²) in [6.45, 7) is 7.98. The molecule has 2 atom stereocenters. The highest BCUT2D eigenvalue weighted by molar-refractivity contribution is 6.38. The van der Waals surface area contributed by atoms with E-state index in [1.165, 1.54) is 5.56 Å².